The molecule has 1 unspecified atom stereocenters. The lowest BCUT2D eigenvalue weighted by molar-refractivity contribution is -0.191. The molecule has 1 aromatic rings. The molecule has 1 aliphatic rings. The molecule has 39 heavy (non-hydrogen) atoms. The van der Waals surface area contributed by atoms with Gasteiger partial charge in [0, 0.05) is 21.6 Å². The van der Waals surface area contributed by atoms with Crippen molar-refractivity contribution in [2.75, 3.05) is 0 Å². The van der Waals surface area contributed by atoms with Crippen molar-refractivity contribution in [3.05, 3.63) is 32.1 Å². The van der Waals surface area contributed by atoms with Gasteiger partial charge in [-0.3, -0.25) is 4.79 Å². The van der Waals surface area contributed by atoms with Gasteiger partial charge >= 0.3 is 6.15 Å². The predicted molar refractivity (Wildman–Crippen MR) is 146 cm³/mol. The molecule has 0 spiro atoms. The average molecular weight is 567 g/mol. The number of carbonyl (C=O) groups is 1. The van der Waals surface area contributed by atoms with Crippen LogP contribution in [-0.4, -0.2) is 62.2 Å². The number of ketones is 1. The van der Waals surface area contributed by atoms with Gasteiger partial charge in [-0.25, -0.2) is 4.98 Å². The van der Waals surface area contributed by atoms with E-state index < -0.39 is 23.5 Å². The molecule has 2 heterocycles. The summed E-state index contributed by atoms with van der Waals surface area (Å²) in [4.78, 5) is 36.4. The summed E-state index contributed by atoms with van der Waals surface area (Å²) in [6, 6.07) is -0.356. The Kier molecular flexibility index (Phi) is 13.6. The van der Waals surface area contributed by atoms with Crippen LogP contribution in [-0.2, 0) is 25.7 Å². The lowest BCUT2D eigenvalue weighted by Crippen LogP contribution is -2.43. The quantitative estimate of drug-likeness (QED) is 0.120. The van der Waals surface area contributed by atoms with E-state index >= 15 is 0 Å². The molecule has 11 nitrogen and oxygen atoms in total. The number of epoxide rings is 1. The van der Waals surface area contributed by atoms with Crippen LogP contribution in [0.15, 0.2) is 16.1 Å². The van der Waals surface area contributed by atoms with E-state index in [9.17, 15) is 20.1 Å². The topological polar surface area (TPSA) is 186 Å². The van der Waals surface area contributed by atoms with Gasteiger partial charge in [-0.1, -0.05) is 44.8 Å². The molecule has 0 saturated carbocycles. The zero-order valence-electron chi connectivity index (χ0n) is 23.8. The first-order chi connectivity index (χ1) is 18.2. The second-order valence-electron chi connectivity index (χ2n) is 11.1. The molecule has 1 fully saturated rings. The van der Waals surface area contributed by atoms with Gasteiger partial charge in [0.2, 0.25) is 0 Å². The van der Waals surface area contributed by atoms with Gasteiger partial charge in [0.15, 0.2) is 0 Å². The zero-order chi connectivity index (χ0) is 30.0. The Morgan fingerprint density at radius 2 is 1.97 bits per heavy atom. The number of carbonyl (C=O) groups excluding carboxylic acids is 3. The summed E-state index contributed by atoms with van der Waals surface area (Å²) >= 11 is 1.38. The van der Waals surface area contributed by atoms with E-state index in [2.05, 4.69) is 21.9 Å². The molecule has 7 atom stereocenters. The molecule has 1 aromatic heterocycles. The first-order valence-electron chi connectivity index (χ1n) is 13.0. The normalized spacial score (nSPS) is 22.7. The maximum Gasteiger partial charge on any atom is 0.373 e. The Morgan fingerprint density at radius 3 is 2.49 bits per heavy atom. The van der Waals surface area contributed by atoms with Gasteiger partial charge in [-0.15, -0.1) is 11.3 Å². The van der Waals surface area contributed by atoms with Crippen LogP contribution in [0.25, 0.3) is 16.5 Å². The fraction of sp³-hybridized carbons (Fsp3) is 0.741. The summed E-state index contributed by atoms with van der Waals surface area (Å²) < 4.78 is 6.00. The summed E-state index contributed by atoms with van der Waals surface area (Å²) in [5.41, 5.74) is 9.46. The number of Topliss-reactive ketones (excluding diaryl/α,β-unsaturated/α-hetero) is 1. The molecule has 1 aliphatic heterocycles. The van der Waals surface area contributed by atoms with Crippen molar-refractivity contribution in [3.8, 4) is 0 Å². The maximum absolute atomic E-state index is 12.8. The number of hydrogen-bond donors (Lipinski definition) is 3. The zero-order valence-corrected chi connectivity index (χ0v) is 24.6. The van der Waals surface area contributed by atoms with Crippen LogP contribution in [0.1, 0.15) is 84.9 Å². The average Bonchev–Trinajstić information content (AvgIpc) is 3.28. The molecule has 0 aromatic carbocycles. The first kappa shape index (κ1) is 34.6. The lowest BCUT2D eigenvalue weighted by Gasteiger charge is -2.33. The highest BCUT2D eigenvalue weighted by Crippen LogP contribution is 2.44. The van der Waals surface area contributed by atoms with Crippen LogP contribution in [0.3, 0.4) is 0 Å². The number of ether oxygens (including phenoxy) is 1. The predicted octanol–water partition coefficient (Wildman–Crippen LogP) is 4.46. The number of thiazole rings is 1. The number of rotatable bonds is 15. The second kappa shape index (κ2) is 15.4. The minimum absolute atomic E-state index is 0.0349. The molecule has 0 amide bonds. The number of aliphatic hydroxyl groups excluding tert-OH is 3. The Morgan fingerprint density at radius 1 is 1.36 bits per heavy atom. The van der Waals surface area contributed by atoms with Crippen molar-refractivity contribution in [2.45, 2.75) is 111 Å². The van der Waals surface area contributed by atoms with E-state index in [1.807, 2.05) is 25.3 Å². The number of nitrogens with zero attached hydrogens (tertiary/aromatic N) is 4. The van der Waals surface area contributed by atoms with Gasteiger partial charge < -0.3 is 20.1 Å². The largest absolute Gasteiger partial charge is 0.392 e. The van der Waals surface area contributed by atoms with Gasteiger partial charge in [-0.05, 0) is 57.6 Å². The third kappa shape index (κ3) is 9.92. The molecule has 0 radical (unpaired) electrons. The van der Waals surface area contributed by atoms with Crippen LogP contribution in [0.4, 0.5) is 0 Å². The Hall–Kier alpha value is -2.43. The molecule has 218 valence electrons. The number of azide groups is 1. The molecular weight excluding hydrogens is 524 g/mol. The van der Waals surface area contributed by atoms with Crippen molar-refractivity contribution < 1.29 is 34.4 Å². The number of aromatic nitrogens is 1. The van der Waals surface area contributed by atoms with E-state index in [-0.39, 0.29) is 42.2 Å². The minimum Gasteiger partial charge on any atom is -0.392 e. The van der Waals surface area contributed by atoms with Crippen molar-refractivity contribution in [2.24, 2.45) is 22.4 Å². The summed E-state index contributed by atoms with van der Waals surface area (Å²) in [5, 5.41) is 36.4. The van der Waals surface area contributed by atoms with Crippen LogP contribution < -0.4 is 0 Å². The third-order valence-corrected chi connectivity index (χ3v) is 8.64. The van der Waals surface area contributed by atoms with Crippen LogP contribution in [0.2, 0.25) is 0 Å². The van der Waals surface area contributed by atoms with E-state index in [0.717, 1.165) is 30.5 Å². The number of hydrogen-bond acceptors (Lipinski definition) is 10. The van der Waals surface area contributed by atoms with Crippen LogP contribution in [0, 0.1) is 17.3 Å². The van der Waals surface area contributed by atoms with Gasteiger partial charge in [0.1, 0.15) is 10.8 Å². The highest BCUT2D eigenvalue weighted by molar-refractivity contribution is 7.09. The van der Waals surface area contributed by atoms with Crippen molar-refractivity contribution in [3.63, 3.8) is 0 Å². The fourth-order valence-electron chi connectivity index (χ4n) is 4.58. The molecule has 0 aliphatic carbocycles. The maximum atomic E-state index is 12.8. The molecule has 3 N–H and O–H groups in total. The van der Waals surface area contributed by atoms with Gasteiger partial charge in [0.05, 0.1) is 42.3 Å². The number of aliphatic hydroxyl groups is 3. The van der Waals surface area contributed by atoms with Crippen molar-refractivity contribution >= 4 is 29.3 Å². The standard InChI is InChI=1S/C26H42N4O5S.CO2/c1-15(23(33)17(3)24(34)25(5,6)18(4)32)9-8-10-26(7)21(35-26)12-20(29-30-27)16(2)11-19-14-36-22(13-31)28-19;2-1-3/h11,14-15,17-18,20-21,23,31-33H,8-10,12-13H2,1-7H3;/b16-11+;/t15-,17+,18-,20?,21-,23-,26+;/m0./s1. The van der Waals surface area contributed by atoms with Gasteiger partial charge in [-0.2, -0.15) is 9.59 Å². The van der Waals surface area contributed by atoms with E-state index in [4.69, 9.17) is 19.9 Å². The third-order valence-electron chi connectivity index (χ3n) is 7.79. The van der Waals surface area contributed by atoms with Crippen molar-refractivity contribution in [1.29, 1.82) is 0 Å². The summed E-state index contributed by atoms with van der Waals surface area (Å²) in [6.45, 7) is 12.6. The van der Waals surface area contributed by atoms with E-state index in [1.165, 1.54) is 11.3 Å². The Labute approximate surface area is 233 Å². The van der Waals surface area contributed by atoms with E-state index in [0.29, 0.717) is 11.4 Å². The Balaban J connectivity index is 0.00000242. The van der Waals surface area contributed by atoms with Gasteiger partial charge in [0.25, 0.3) is 0 Å². The molecule has 12 heteroatoms. The molecular formula is C27H42N4O7S. The smallest absolute Gasteiger partial charge is 0.373 e. The Bertz CT molecular complexity index is 1060. The lowest BCUT2D eigenvalue weighted by atomic mass is 9.74. The highest BCUT2D eigenvalue weighted by atomic mass is 32.1. The summed E-state index contributed by atoms with van der Waals surface area (Å²) in [7, 11) is 0. The van der Waals surface area contributed by atoms with Crippen LogP contribution in [0.5, 0.6) is 0 Å². The highest BCUT2D eigenvalue weighted by Gasteiger charge is 2.52. The van der Waals surface area contributed by atoms with Crippen LogP contribution >= 0.6 is 11.3 Å². The summed E-state index contributed by atoms with van der Waals surface area (Å²) in [5.74, 6) is -0.764. The fourth-order valence-corrected chi connectivity index (χ4v) is 5.19. The summed E-state index contributed by atoms with van der Waals surface area (Å²) in [6.07, 6.45) is 3.47. The SMILES string of the molecule is C/C(=C\c1csc(CO)n1)C(C[C@@H]1O[C@]1(C)CCC[C@H](C)[C@H](O)[C@@H](C)C(=O)C(C)(C)[C@H](C)O)N=[N+]=[N-].O=C=O. The first-order valence-corrected chi connectivity index (χ1v) is 13.9. The van der Waals surface area contributed by atoms with Crippen molar-refractivity contribution in [1.82, 2.24) is 4.98 Å². The molecule has 1 saturated heterocycles. The van der Waals surface area contributed by atoms with E-state index in [1.54, 1.807) is 27.7 Å². The minimum atomic E-state index is -0.904. The monoisotopic (exact) mass is 566 g/mol. The second-order valence-corrected chi connectivity index (χ2v) is 12.0. The molecule has 0 bridgehead atoms. The molecule has 2 rings (SSSR count).